The Morgan fingerprint density at radius 2 is 2.13 bits per heavy atom. The summed E-state index contributed by atoms with van der Waals surface area (Å²) in [5, 5.41) is -0.0968. The predicted octanol–water partition coefficient (Wildman–Crippen LogP) is 3.51. The minimum Gasteiger partial charge on any atom is -0.494 e. The molecule has 0 spiro atoms. The zero-order valence-electron chi connectivity index (χ0n) is 13.1. The van der Waals surface area contributed by atoms with Crippen LogP contribution in [0.4, 0.5) is 4.39 Å². The zero-order chi connectivity index (χ0) is 16.4. The van der Waals surface area contributed by atoms with E-state index in [9.17, 15) is 9.18 Å². The van der Waals surface area contributed by atoms with Gasteiger partial charge in [-0.2, -0.15) is 0 Å². The first kappa shape index (κ1) is 15.9. The minimum absolute atomic E-state index is 0.0717. The molecule has 1 amide bonds. The molecule has 1 aliphatic heterocycles. The van der Waals surface area contributed by atoms with E-state index in [1.54, 1.807) is 35.8 Å². The third kappa shape index (κ3) is 3.34. The molecule has 5 heteroatoms. The van der Waals surface area contributed by atoms with Gasteiger partial charge in [-0.25, -0.2) is 4.39 Å². The highest BCUT2D eigenvalue weighted by Gasteiger charge is 2.30. The van der Waals surface area contributed by atoms with Crippen molar-refractivity contribution in [3.8, 4) is 5.75 Å². The third-order valence-corrected chi connectivity index (χ3v) is 5.24. The summed E-state index contributed by atoms with van der Waals surface area (Å²) in [4.78, 5) is 15.4. The Hall–Kier alpha value is -2.01. The molecule has 1 aliphatic rings. The number of hydrogen-bond acceptors (Lipinski definition) is 3. The number of fused-ring (bicyclic) bond motifs is 1. The van der Waals surface area contributed by atoms with Gasteiger partial charge in [0.2, 0.25) is 5.91 Å². The number of amides is 1. The molecule has 120 valence electrons. The first-order valence-electron chi connectivity index (χ1n) is 7.40. The molecule has 2 aromatic rings. The normalized spacial score (nSPS) is 16.0. The topological polar surface area (TPSA) is 29.5 Å². The summed E-state index contributed by atoms with van der Waals surface area (Å²) in [6.07, 6.45) is 0.751. The van der Waals surface area contributed by atoms with E-state index in [0.717, 1.165) is 12.0 Å². The van der Waals surface area contributed by atoms with Gasteiger partial charge in [-0.15, -0.1) is 11.8 Å². The molecule has 0 aromatic heterocycles. The van der Waals surface area contributed by atoms with Crippen LogP contribution in [-0.4, -0.2) is 30.2 Å². The van der Waals surface area contributed by atoms with Crippen molar-refractivity contribution in [2.45, 2.75) is 23.1 Å². The summed E-state index contributed by atoms with van der Waals surface area (Å²) in [5.74, 6) is -0.125. The lowest BCUT2D eigenvalue weighted by Crippen LogP contribution is -2.34. The highest BCUT2D eigenvalue weighted by molar-refractivity contribution is 8.01. The second kappa shape index (κ2) is 6.62. The Balaban J connectivity index is 1.66. The van der Waals surface area contributed by atoms with Gasteiger partial charge < -0.3 is 9.64 Å². The number of thioether (sulfide) groups is 1. The SMILES string of the molecule is COc1ccc(CN(C)C(=O)C2Cc3ccccc3S2)cc1F. The Morgan fingerprint density at radius 1 is 1.35 bits per heavy atom. The number of methoxy groups -OCH3 is 1. The molecule has 0 fully saturated rings. The Morgan fingerprint density at radius 3 is 2.83 bits per heavy atom. The van der Waals surface area contributed by atoms with Crippen LogP contribution in [0, 0.1) is 5.82 Å². The van der Waals surface area contributed by atoms with Crippen LogP contribution in [-0.2, 0) is 17.8 Å². The predicted molar refractivity (Wildman–Crippen MR) is 89.2 cm³/mol. The summed E-state index contributed by atoms with van der Waals surface area (Å²) in [6.45, 7) is 0.382. The van der Waals surface area contributed by atoms with Gasteiger partial charge >= 0.3 is 0 Å². The van der Waals surface area contributed by atoms with Gasteiger partial charge in [-0.05, 0) is 35.7 Å². The molecule has 0 radical (unpaired) electrons. The molecule has 1 heterocycles. The van der Waals surface area contributed by atoms with Crippen LogP contribution < -0.4 is 4.74 Å². The van der Waals surface area contributed by atoms with Crippen molar-refractivity contribution in [3.63, 3.8) is 0 Å². The molecule has 0 bridgehead atoms. The monoisotopic (exact) mass is 331 g/mol. The van der Waals surface area contributed by atoms with Crippen LogP contribution in [0.5, 0.6) is 5.75 Å². The van der Waals surface area contributed by atoms with Gasteiger partial charge in [0.1, 0.15) is 0 Å². The van der Waals surface area contributed by atoms with Crippen LogP contribution in [0.25, 0.3) is 0 Å². The molecule has 1 atom stereocenters. The lowest BCUT2D eigenvalue weighted by molar-refractivity contribution is -0.129. The second-order valence-electron chi connectivity index (χ2n) is 5.58. The van der Waals surface area contributed by atoms with Crippen molar-refractivity contribution >= 4 is 17.7 Å². The fraction of sp³-hybridized carbons (Fsp3) is 0.278. The number of nitrogens with zero attached hydrogens (tertiary/aromatic N) is 1. The Bertz CT molecular complexity index is 710. The number of ether oxygens (including phenoxy) is 1. The van der Waals surface area contributed by atoms with E-state index in [-0.39, 0.29) is 16.9 Å². The molecular formula is C18H18FNO2S. The Kier molecular flexibility index (Phi) is 4.57. The van der Waals surface area contributed by atoms with Gasteiger partial charge in [0.15, 0.2) is 11.6 Å². The zero-order valence-corrected chi connectivity index (χ0v) is 13.9. The molecule has 3 nitrogen and oxygen atoms in total. The van der Waals surface area contributed by atoms with Crippen molar-refractivity contribution in [2.75, 3.05) is 14.2 Å². The van der Waals surface area contributed by atoms with Crippen molar-refractivity contribution in [2.24, 2.45) is 0 Å². The quantitative estimate of drug-likeness (QED) is 0.859. The molecule has 1 unspecified atom stereocenters. The van der Waals surface area contributed by atoms with E-state index >= 15 is 0 Å². The number of rotatable bonds is 4. The molecule has 0 saturated heterocycles. The molecule has 23 heavy (non-hydrogen) atoms. The van der Waals surface area contributed by atoms with E-state index in [1.807, 2.05) is 18.2 Å². The van der Waals surface area contributed by atoms with E-state index in [1.165, 1.54) is 23.6 Å². The molecule has 3 rings (SSSR count). The molecule has 0 saturated carbocycles. The highest BCUT2D eigenvalue weighted by Crippen LogP contribution is 2.37. The fourth-order valence-corrected chi connectivity index (χ4v) is 4.04. The number of carbonyl (C=O) groups excluding carboxylic acids is 1. The summed E-state index contributed by atoms with van der Waals surface area (Å²) in [6, 6.07) is 12.9. The number of hydrogen-bond donors (Lipinski definition) is 0. The summed E-state index contributed by atoms with van der Waals surface area (Å²) in [7, 11) is 3.19. The average Bonchev–Trinajstić information content (AvgIpc) is 2.98. The van der Waals surface area contributed by atoms with Crippen LogP contribution in [0.2, 0.25) is 0 Å². The molecular weight excluding hydrogens is 313 g/mol. The van der Waals surface area contributed by atoms with Crippen molar-refractivity contribution in [1.82, 2.24) is 4.90 Å². The van der Waals surface area contributed by atoms with Crippen molar-refractivity contribution in [1.29, 1.82) is 0 Å². The smallest absolute Gasteiger partial charge is 0.236 e. The second-order valence-corrected chi connectivity index (χ2v) is 6.83. The maximum absolute atomic E-state index is 13.7. The van der Waals surface area contributed by atoms with Gasteiger partial charge in [0.05, 0.1) is 12.4 Å². The number of carbonyl (C=O) groups is 1. The summed E-state index contributed by atoms with van der Waals surface area (Å²) >= 11 is 1.61. The third-order valence-electron chi connectivity index (χ3n) is 3.93. The van der Waals surface area contributed by atoms with Crippen LogP contribution >= 0.6 is 11.8 Å². The van der Waals surface area contributed by atoms with E-state index in [4.69, 9.17) is 4.74 Å². The molecule has 2 aromatic carbocycles. The summed E-state index contributed by atoms with van der Waals surface area (Å²) < 4.78 is 18.7. The van der Waals surface area contributed by atoms with Gasteiger partial charge in [0.25, 0.3) is 0 Å². The Labute approximate surface area is 139 Å². The van der Waals surface area contributed by atoms with Crippen LogP contribution in [0.3, 0.4) is 0 Å². The fourth-order valence-electron chi connectivity index (χ4n) is 2.73. The first-order chi connectivity index (χ1) is 11.1. The number of halogens is 1. The standard InChI is InChI=1S/C18H18FNO2S/c1-20(11-12-7-8-15(22-2)14(19)9-12)18(21)17-10-13-5-3-4-6-16(13)23-17/h3-9,17H,10-11H2,1-2H3. The largest absolute Gasteiger partial charge is 0.494 e. The van der Waals surface area contributed by atoms with Crippen molar-refractivity contribution < 1.29 is 13.9 Å². The minimum atomic E-state index is -0.409. The van der Waals surface area contributed by atoms with Gasteiger partial charge in [0, 0.05) is 18.5 Å². The number of benzene rings is 2. The van der Waals surface area contributed by atoms with Crippen LogP contribution in [0.1, 0.15) is 11.1 Å². The van der Waals surface area contributed by atoms with Gasteiger partial charge in [-0.1, -0.05) is 24.3 Å². The lowest BCUT2D eigenvalue weighted by Gasteiger charge is -2.21. The van der Waals surface area contributed by atoms with Crippen molar-refractivity contribution in [3.05, 3.63) is 59.4 Å². The van der Waals surface area contributed by atoms with Gasteiger partial charge in [-0.3, -0.25) is 4.79 Å². The van der Waals surface area contributed by atoms with E-state index in [2.05, 4.69) is 6.07 Å². The first-order valence-corrected chi connectivity index (χ1v) is 8.28. The van der Waals surface area contributed by atoms with Crippen LogP contribution in [0.15, 0.2) is 47.4 Å². The van der Waals surface area contributed by atoms with E-state index < -0.39 is 5.82 Å². The lowest BCUT2D eigenvalue weighted by atomic mass is 10.1. The summed E-state index contributed by atoms with van der Waals surface area (Å²) in [5.41, 5.74) is 1.97. The molecule has 0 N–H and O–H groups in total. The maximum Gasteiger partial charge on any atom is 0.236 e. The highest BCUT2D eigenvalue weighted by atomic mass is 32.2. The maximum atomic E-state index is 13.7. The average molecular weight is 331 g/mol. The molecule has 0 aliphatic carbocycles. The van der Waals surface area contributed by atoms with E-state index in [0.29, 0.717) is 6.54 Å².